The van der Waals surface area contributed by atoms with Crippen LogP contribution in [0, 0.1) is 10.1 Å². The molecule has 4 aromatic carbocycles. The van der Waals surface area contributed by atoms with Gasteiger partial charge in [0.2, 0.25) is 11.6 Å². The third-order valence-corrected chi connectivity index (χ3v) is 7.27. The molecule has 0 aliphatic rings. The van der Waals surface area contributed by atoms with Gasteiger partial charge in [0.05, 0.1) is 22.0 Å². The van der Waals surface area contributed by atoms with Gasteiger partial charge in [0, 0.05) is 31.5 Å². The second kappa shape index (κ2) is 11.4. The van der Waals surface area contributed by atoms with Crippen LogP contribution in [0.4, 0.5) is 5.69 Å². The summed E-state index contributed by atoms with van der Waals surface area (Å²) < 4.78 is 13.5. The SMILES string of the molecule is O=c1c2ccccc2nc(-c2cc3cc(Cl)ccc3o2)n1N=Cc1cc(Br)cc([N+](=O)[O-])c1OCc1ccc(Cl)cc1. The molecule has 0 atom stereocenters. The number of halogens is 3. The minimum atomic E-state index is -0.548. The molecule has 0 N–H and O–H groups in total. The van der Waals surface area contributed by atoms with Crippen LogP contribution >= 0.6 is 39.1 Å². The Kier molecular flexibility index (Phi) is 7.51. The van der Waals surface area contributed by atoms with Crippen molar-refractivity contribution in [3.63, 3.8) is 0 Å². The van der Waals surface area contributed by atoms with Crippen LogP contribution in [0.5, 0.6) is 5.75 Å². The molecule has 2 aromatic heterocycles. The molecule has 12 heteroatoms. The highest BCUT2D eigenvalue weighted by atomic mass is 79.9. The van der Waals surface area contributed by atoms with Crippen molar-refractivity contribution in [3.8, 4) is 17.3 Å². The van der Waals surface area contributed by atoms with E-state index in [0.717, 1.165) is 15.6 Å². The maximum atomic E-state index is 13.7. The predicted molar refractivity (Wildman–Crippen MR) is 166 cm³/mol. The number of aromatic nitrogens is 2. The molecule has 0 fully saturated rings. The number of fused-ring (bicyclic) bond motifs is 2. The van der Waals surface area contributed by atoms with Crippen molar-refractivity contribution >= 4 is 72.9 Å². The van der Waals surface area contributed by atoms with E-state index in [2.05, 4.69) is 26.0 Å². The van der Waals surface area contributed by atoms with Crippen molar-refractivity contribution in [1.29, 1.82) is 0 Å². The molecule has 0 spiro atoms. The lowest BCUT2D eigenvalue weighted by atomic mass is 10.2. The van der Waals surface area contributed by atoms with Crippen molar-refractivity contribution in [2.45, 2.75) is 6.61 Å². The Morgan fingerprint density at radius 2 is 1.79 bits per heavy atom. The maximum Gasteiger partial charge on any atom is 0.312 e. The summed E-state index contributed by atoms with van der Waals surface area (Å²) in [6.07, 6.45) is 1.32. The first-order valence-corrected chi connectivity index (χ1v) is 13.9. The zero-order valence-electron chi connectivity index (χ0n) is 21.3. The molecule has 0 bridgehead atoms. The van der Waals surface area contributed by atoms with Gasteiger partial charge in [-0.05, 0) is 60.2 Å². The molecule has 0 unspecified atom stereocenters. The van der Waals surface area contributed by atoms with E-state index in [1.807, 2.05) is 0 Å². The van der Waals surface area contributed by atoms with E-state index >= 15 is 0 Å². The molecule has 6 rings (SSSR count). The van der Waals surface area contributed by atoms with Gasteiger partial charge >= 0.3 is 5.69 Å². The second-order valence-corrected chi connectivity index (χ2v) is 10.9. The number of ether oxygens (including phenoxy) is 1. The van der Waals surface area contributed by atoms with Crippen LogP contribution in [0.2, 0.25) is 10.0 Å². The van der Waals surface area contributed by atoms with E-state index in [4.69, 9.17) is 32.4 Å². The number of benzene rings is 4. The van der Waals surface area contributed by atoms with Crippen molar-refractivity contribution < 1.29 is 14.1 Å². The third kappa shape index (κ3) is 5.52. The quantitative estimate of drug-likeness (QED) is 0.0966. The van der Waals surface area contributed by atoms with Gasteiger partial charge in [-0.3, -0.25) is 14.9 Å². The molecule has 0 saturated carbocycles. The standard InChI is InChI=1S/C30H17BrCl2N4O5/c31-20-11-19(28(25(14-20)37(39)40)41-16-17-5-7-21(32)8-6-17)15-34-36-29(35-24-4-2-1-3-23(24)30(36)38)27-13-18-12-22(33)9-10-26(18)42-27/h1-15H,16H2. The summed E-state index contributed by atoms with van der Waals surface area (Å²) in [7, 11) is 0. The van der Waals surface area contributed by atoms with Crippen LogP contribution < -0.4 is 10.3 Å². The minimum Gasteiger partial charge on any atom is -0.481 e. The summed E-state index contributed by atoms with van der Waals surface area (Å²) in [5.74, 6) is 0.394. The number of hydrogen-bond donors (Lipinski definition) is 0. The van der Waals surface area contributed by atoms with Gasteiger partial charge < -0.3 is 9.15 Å². The minimum absolute atomic E-state index is 0.0244. The number of hydrogen-bond acceptors (Lipinski definition) is 7. The van der Waals surface area contributed by atoms with Gasteiger partial charge in [-0.15, -0.1) is 0 Å². The molecule has 42 heavy (non-hydrogen) atoms. The zero-order chi connectivity index (χ0) is 29.4. The molecule has 2 heterocycles. The average molecular weight is 664 g/mol. The lowest BCUT2D eigenvalue weighted by Gasteiger charge is -2.11. The van der Waals surface area contributed by atoms with E-state index in [1.165, 1.54) is 12.3 Å². The first-order chi connectivity index (χ1) is 20.3. The van der Waals surface area contributed by atoms with Gasteiger partial charge in [-0.2, -0.15) is 9.78 Å². The zero-order valence-corrected chi connectivity index (χ0v) is 24.4. The average Bonchev–Trinajstić information content (AvgIpc) is 3.39. The first-order valence-electron chi connectivity index (χ1n) is 12.4. The van der Waals surface area contributed by atoms with Crippen molar-refractivity contribution in [3.05, 3.63) is 131 Å². The van der Waals surface area contributed by atoms with Crippen LogP contribution in [0.25, 0.3) is 33.5 Å². The number of rotatable bonds is 7. The van der Waals surface area contributed by atoms with E-state index in [0.29, 0.717) is 31.0 Å². The Morgan fingerprint density at radius 1 is 1.02 bits per heavy atom. The molecule has 0 saturated heterocycles. The molecule has 0 radical (unpaired) electrons. The van der Waals surface area contributed by atoms with E-state index < -0.39 is 10.5 Å². The molecule has 6 aromatic rings. The maximum absolute atomic E-state index is 13.7. The molecule has 0 aliphatic heterocycles. The monoisotopic (exact) mass is 662 g/mol. The number of para-hydroxylation sites is 1. The number of nitro groups is 1. The Labute approximate surface area is 255 Å². The smallest absolute Gasteiger partial charge is 0.312 e. The molecule has 208 valence electrons. The topological polar surface area (TPSA) is 113 Å². The fraction of sp³-hybridized carbons (Fsp3) is 0.0333. The Hall–Kier alpha value is -4.51. The normalized spacial score (nSPS) is 11.5. The van der Waals surface area contributed by atoms with Crippen molar-refractivity contribution in [2.24, 2.45) is 5.10 Å². The Morgan fingerprint density at radius 3 is 2.57 bits per heavy atom. The Balaban J connectivity index is 1.49. The summed E-state index contributed by atoms with van der Waals surface area (Å²) >= 11 is 15.5. The largest absolute Gasteiger partial charge is 0.481 e. The lowest BCUT2D eigenvalue weighted by molar-refractivity contribution is -0.386. The summed E-state index contributed by atoms with van der Waals surface area (Å²) in [5.41, 5.74) is 1.27. The summed E-state index contributed by atoms with van der Waals surface area (Å²) in [4.78, 5) is 29.7. The highest BCUT2D eigenvalue weighted by Gasteiger charge is 2.22. The molecule has 0 aliphatic carbocycles. The molecule has 9 nitrogen and oxygen atoms in total. The van der Waals surface area contributed by atoms with Gasteiger partial charge in [0.15, 0.2) is 5.76 Å². The fourth-order valence-electron chi connectivity index (χ4n) is 4.36. The van der Waals surface area contributed by atoms with Crippen molar-refractivity contribution in [1.82, 2.24) is 9.66 Å². The van der Waals surface area contributed by atoms with Crippen LogP contribution in [0.15, 0.2) is 104 Å². The third-order valence-electron chi connectivity index (χ3n) is 6.32. The molecule has 0 amide bonds. The van der Waals surface area contributed by atoms with E-state index in [-0.39, 0.29) is 35.2 Å². The van der Waals surface area contributed by atoms with Gasteiger partial charge in [0.25, 0.3) is 5.56 Å². The summed E-state index contributed by atoms with van der Waals surface area (Å²) in [6.45, 7) is 0.0325. The van der Waals surface area contributed by atoms with Crippen molar-refractivity contribution in [2.75, 3.05) is 0 Å². The molecular formula is C30H17BrCl2N4O5. The number of nitrogens with zero attached hydrogens (tertiary/aromatic N) is 4. The van der Waals surface area contributed by atoms with Crippen LogP contribution in [0.3, 0.4) is 0 Å². The van der Waals surface area contributed by atoms with Gasteiger partial charge in [-0.1, -0.05) is 63.4 Å². The van der Waals surface area contributed by atoms with Crippen LogP contribution in [0.1, 0.15) is 11.1 Å². The number of nitro benzene ring substituents is 1. The number of furan rings is 1. The Bertz CT molecular complexity index is 2090. The van der Waals surface area contributed by atoms with Crippen LogP contribution in [-0.2, 0) is 6.61 Å². The second-order valence-electron chi connectivity index (χ2n) is 9.12. The van der Waals surface area contributed by atoms with Crippen LogP contribution in [-0.4, -0.2) is 20.8 Å². The molecular weight excluding hydrogens is 647 g/mol. The summed E-state index contributed by atoms with van der Waals surface area (Å²) in [5, 5.41) is 18.5. The van der Waals surface area contributed by atoms with E-state index in [9.17, 15) is 14.9 Å². The first kappa shape index (κ1) is 27.6. The lowest BCUT2D eigenvalue weighted by Crippen LogP contribution is -2.20. The van der Waals surface area contributed by atoms with Gasteiger partial charge in [-0.25, -0.2) is 4.98 Å². The highest BCUT2D eigenvalue weighted by molar-refractivity contribution is 9.10. The highest BCUT2D eigenvalue weighted by Crippen LogP contribution is 2.35. The predicted octanol–water partition coefficient (Wildman–Crippen LogP) is 8.25. The van der Waals surface area contributed by atoms with E-state index in [1.54, 1.807) is 78.9 Å². The van der Waals surface area contributed by atoms with Gasteiger partial charge in [0.1, 0.15) is 12.2 Å². The fourth-order valence-corrected chi connectivity index (χ4v) is 5.13. The summed E-state index contributed by atoms with van der Waals surface area (Å²) in [6, 6.07) is 23.6.